The van der Waals surface area contributed by atoms with Gasteiger partial charge in [-0.1, -0.05) is 36.4 Å². The van der Waals surface area contributed by atoms with Crippen LogP contribution < -0.4 is 11.3 Å². The van der Waals surface area contributed by atoms with Gasteiger partial charge in [0.25, 0.3) is 0 Å². The van der Waals surface area contributed by atoms with Crippen LogP contribution in [-0.4, -0.2) is 17.9 Å². The summed E-state index contributed by atoms with van der Waals surface area (Å²) < 4.78 is 13.6. The van der Waals surface area contributed by atoms with Gasteiger partial charge in [0, 0.05) is 19.2 Å². The molecule has 0 aliphatic heterocycles. The normalized spacial score (nSPS) is 11.2. The SMILES string of the molecule is CN(Cc1ccccc1F)C(=Nc1ccccc1)NN. The number of hydrogen-bond donors (Lipinski definition) is 2. The van der Waals surface area contributed by atoms with E-state index in [1.807, 2.05) is 30.3 Å². The van der Waals surface area contributed by atoms with Crippen LogP contribution in [0.3, 0.4) is 0 Å². The molecule has 0 amide bonds. The molecule has 4 nitrogen and oxygen atoms in total. The van der Waals surface area contributed by atoms with Gasteiger partial charge in [0.1, 0.15) is 5.82 Å². The number of hydrogen-bond acceptors (Lipinski definition) is 2. The molecule has 20 heavy (non-hydrogen) atoms. The van der Waals surface area contributed by atoms with Crippen molar-refractivity contribution in [2.75, 3.05) is 7.05 Å². The minimum absolute atomic E-state index is 0.240. The maximum absolute atomic E-state index is 13.6. The lowest BCUT2D eigenvalue weighted by atomic mass is 10.2. The molecule has 104 valence electrons. The number of guanidine groups is 1. The van der Waals surface area contributed by atoms with Gasteiger partial charge in [-0.05, 0) is 18.2 Å². The molecule has 0 fully saturated rings. The summed E-state index contributed by atoms with van der Waals surface area (Å²) in [6, 6.07) is 16.1. The molecule has 0 atom stereocenters. The van der Waals surface area contributed by atoms with E-state index in [9.17, 15) is 4.39 Å². The molecule has 2 rings (SSSR count). The highest BCUT2D eigenvalue weighted by molar-refractivity contribution is 5.81. The molecular weight excluding hydrogens is 255 g/mol. The molecule has 3 N–H and O–H groups in total. The fourth-order valence-electron chi connectivity index (χ4n) is 1.81. The van der Waals surface area contributed by atoms with Crippen molar-refractivity contribution in [2.24, 2.45) is 10.8 Å². The molecular formula is C15H17FN4. The standard InChI is InChI=1S/C15H17FN4/c1-20(11-12-7-5-6-10-14(12)16)15(19-17)18-13-8-3-2-4-9-13/h2-10H,11,17H2,1H3,(H,18,19). The highest BCUT2D eigenvalue weighted by atomic mass is 19.1. The Morgan fingerprint density at radius 2 is 1.80 bits per heavy atom. The molecule has 0 unspecified atom stereocenters. The minimum Gasteiger partial charge on any atom is -0.340 e. The van der Waals surface area contributed by atoms with E-state index in [1.54, 1.807) is 30.1 Å². The summed E-state index contributed by atoms with van der Waals surface area (Å²) in [7, 11) is 1.80. The van der Waals surface area contributed by atoms with Crippen LogP contribution in [0.15, 0.2) is 59.6 Å². The Hall–Kier alpha value is -2.40. The molecule has 2 aromatic carbocycles. The number of para-hydroxylation sites is 1. The summed E-state index contributed by atoms with van der Waals surface area (Å²) >= 11 is 0. The fourth-order valence-corrected chi connectivity index (χ4v) is 1.81. The number of benzene rings is 2. The van der Waals surface area contributed by atoms with Gasteiger partial charge in [0.05, 0.1) is 5.69 Å². The number of hydrazine groups is 1. The van der Waals surface area contributed by atoms with E-state index in [-0.39, 0.29) is 5.82 Å². The number of halogens is 1. The first-order chi connectivity index (χ1) is 9.70. The first-order valence-corrected chi connectivity index (χ1v) is 6.25. The van der Waals surface area contributed by atoms with Gasteiger partial charge in [-0.25, -0.2) is 15.2 Å². The van der Waals surface area contributed by atoms with Crippen LogP contribution in [0.5, 0.6) is 0 Å². The Morgan fingerprint density at radius 1 is 1.15 bits per heavy atom. The lowest BCUT2D eigenvalue weighted by molar-refractivity contribution is 0.463. The van der Waals surface area contributed by atoms with Crippen molar-refractivity contribution in [1.29, 1.82) is 0 Å². The van der Waals surface area contributed by atoms with Crippen LogP contribution in [-0.2, 0) is 6.54 Å². The molecule has 0 radical (unpaired) electrons. The molecule has 5 heteroatoms. The van der Waals surface area contributed by atoms with Crippen molar-refractivity contribution >= 4 is 11.6 Å². The first-order valence-electron chi connectivity index (χ1n) is 6.25. The van der Waals surface area contributed by atoms with E-state index >= 15 is 0 Å². The molecule has 0 aliphatic rings. The summed E-state index contributed by atoms with van der Waals surface area (Å²) in [5, 5.41) is 0. The van der Waals surface area contributed by atoms with Gasteiger partial charge < -0.3 is 4.90 Å². The maximum atomic E-state index is 13.6. The largest absolute Gasteiger partial charge is 0.340 e. The topological polar surface area (TPSA) is 53.6 Å². The van der Waals surface area contributed by atoms with Crippen molar-refractivity contribution in [1.82, 2.24) is 10.3 Å². The lowest BCUT2D eigenvalue weighted by Gasteiger charge is -2.20. The summed E-state index contributed by atoms with van der Waals surface area (Å²) in [6.45, 7) is 0.378. The van der Waals surface area contributed by atoms with E-state index in [4.69, 9.17) is 5.84 Å². The van der Waals surface area contributed by atoms with Gasteiger partial charge in [-0.15, -0.1) is 0 Å². The Bertz CT molecular complexity index is 583. The molecule has 2 aromatic rings. The van der Waals surface area contributed by atoms with Gasteiger partial charge in [0.15, 0.2) is 0 Å². The van der Waals surface area contributed by atoms with Crippen LogP contribution in [0.2, 0.25) is 0 Å². The van der Waals surface area contributed by atoms with E-state index in [1.165, 1.54) is 6.07 Å². The molecule has 0 saturated carbocycles. The summed E-state index contributed by atoms with van der Waals surface area (Å²) in [6.07, 6.45) is 0. The number of aliphatic imine (C=N–C) groups is 1. The predicted octanol–water partition coefficient (Wildman–Crippen LogP) is 2.41. The summed E-state index contributed by atoms with van der Waals surface area (Å²) in [5.41, 5.74) is 3.91. The zero-order valence-electron chi connectivity index (χ0n) is 11.3. The van der Waals surface area contributed by atoms with Crippen molar-refractivity contribution in [2.45, 2.75) is 6.54 Å². The highest BCUT2D eigenvalue weighted by Crippen LogP contribution is 2.12. The lowest BCUT2D eigenvalue weighted by Crippen LogP contribution is -2.42. The van der Waals surface area contributed by atoms with E-state index in [0.717, 1.165) is 5.69 Å². The van der Waals surface area contributed by atoms with Gasteiger partial charge >= 0.3 is 0 Å². The van der Waals surface area contributed by atoms with E-state index in [2.05, 4.69) is 10.4 Å². The zero-order chi connectivity index (χ0) is 14.4. The Kier molecular flexibility index (Phi) is 4.68. The number of nitrogens with two attached hydrogens (primary N) is 1. The van der Waals surface area contributed by atoms with Crippen LogP contribution in [0, 0.1) is 5.82 Å². The van der Waals surface area contributed by atoms with Crippen LogP contribution in [0.1, 0.15) is 5.56 Å². The first kappa shape index (κ1) is 14.0. The molecule has 0 heterocycles. The van der Waals surface area contributed by atoms with Gasteiger partial charge in [0.2, 0.25) is 5.96 Å². The number of nitrogens with zero attached hydrogens (tertiary/aromatic N) is 2. The highest BCUT2D eigenvalue weighted by Gasteiger charge is 2.09. The Balaban J connectivity index is 2.16. The third kappa shape index (κ3) is 3.55. The summed E-state index contributed by atoms with van der Waals surface area (Å²) in [5.74, 6) is 5.73. The van der Waals surface area contributed by atoms with Gasteiger partial charge in [-0.2, -0.15) is 0 Å². The van der Waals surface area contributed by atoms with E-state index < -0.39 is 0 Å². The van der Waals surface area contributed by atoms with Crippen molar-refractivity contribution in [3.8, 4) is 0 Å². The minimum atomic E-state index is -0.240. The average Bonchev–Trinajstić information content (AvgIpc) is 2.48. The second-order valence-corrected chi connectivity index (χ2v) is 4.36. The van der Waals surface area contributed by atoms with Crippen LogP contribution >= 0.6 is 0 Å². The molecule has 0 aliphatic carbocycles. The third-order valence-corrected chi connectivity index (χ3v) is 2.85. The second-order valence-electron chi connectivity index (χ2n) is 4.36. The number of rotatable bonds is 3. The fraction of sp³-hybridized carbons (Fsp3) is 0.133. The quantitative estimate of drug-likeness (QED) is 0.390. The van der Waals surface area contributed by atoms with Crippen LogP contribution in [0.25, 0.3) is 0 Å². The maximum Gasteiger partial charge on any atom is 0.213 e. The molecule has 0 bridgehead atoms. The third-order valence-electron chi connectivity index (χ3n) is 2.85. The van der Waals surface area contributed by atoms with E-state index in [0.29, 0.717) is 18.1 Å². The zero-order valence-corrected chi connectivity index (χ0v) is 11.3. The molecule has 0 aromatic heterocycles. The van der Waals surface area contributed by atoms with Crippen molar-refractivity contribution in [3.05, 3.63) is 66.0 Å². The predicted molar refractivity (Wildman–Crippen MR) is 78.7 cm³/mol. The Morgan fingerprint density at radius 3 is 2.45 bits per heavy atom. The second kappa shape index (κ2) is 6.68. The van der Waals surface area contributed by atoms with Crippen molar-refractivity contribution < 1.29 is 4.39 Å². The molecule has 0 spiro atoms. The smallest absolute Gasteiger partial charge is 0.213 e. The monoisotopic (exact) mass is 272 g/mol. The Labute approximate surface area is 117 Å². The molecule has 0 saturated heterocycles. The summed E-state index contributed by atoms with van der Waals surface area (Å²) in [4.78, 5) is 6.14. The average molecular weight is 272 g/mol. The van der Waals surface area contributed by atoms with Gasteiger partial charge in [-0.3, -0.25) is 5.43 Å². The van der Waals surface area contributed by atoms with Crippen molar-refractivity contribution in [3.63, 3.8) is 0 Å². The number of nitrogens with one attached hydrogen (secondary N) is 1. The van der Waals surface area contributed by atoms with Crippen LogP contribution in [0.4, 0.5) is 10.1 Å².